The molecule has 0 bridgehead atoms. The van der Waals surface area contributed by atoms with E-state index in [1.807, 2.05) is 0 Å². The van der Waals surface area contributed by atoms with Crippen molar-refractivity contribution in [2.75, 3.05) is 19.6 Å². The lowest BCUT2D eigenvalue weighted by atomic mass is 9.96. The smallest absolute Gasteiger partial charge is 0.262 e. The molecule has 9 heteroatoms. The number of rotatable bonds is 2. The van der Waals surface area contributed by atoms with Gasteiger partial charge in [0.2, 0.25) is 5.91 Å². The van der Waals surface area contributed by atoms with Crippen LogP contribution < -0.4 is 5.32 Å². The number of amides is 1. The number of likely N-dealkylation sites (tertiary alicyclic amines) is 1. The van der Waals surface area contributed by atoms with Crippen molar-refractivity contribution in [3.05, 3.63) is 18.2 Å². The van der Waals surface area contributed by atoms with Crippen molar-refractivity contribution in [1.29, 1.82) is 0 Å². The molecular weight excluding hydrogens is 337 g/mol. The first-order valence-corrected chi connectivity index (χ1v) is 6.94. The summed E-state index contributed by atoms with van der Waals surface area (Å²) in [5.41, 5.74) is 0. The molecular formula is C13H20Cl2F2N4O. The second kappa shape index (κ2) is 7.57. The number of piperidine rings is 1. The lowest BCUT2D eigenvalue weighted by Gasteiger charge is -2.33. The summed E-state index contributed by atoms with van der Waals surface area (Å²) in [7, 11) is 0. The van der Waals surface area contributed by atoms with Crippen LogP contribution in [0.3, 0.4) is 0 Å². The van der Waals surface area contributed by atoms with Gasteiger partial charge in [0.15, 0.2) is 0 Å². The summed E-state index contributed by atoms with van der Waals surface area (Å²) in [6.07, 6.45) is 4.89. The van der Waals surface area contributed by atoms with Gasteiger partial charge in [-0.3, -0.25) is 10.1 Å². The first kappa shape index (κ1) is 19.1. The van der Waals surface area contributed by atoms with Gasteiger partial charge in [-0.1, -0.05) is 0 Å². The van der Waals surface area contributed by atoms with Crippen LogP contribution in [0.4, 0.5) is 8.78 Å². The van der Waals surface area contributed by atoms with E-state index < -0.39 is 24.9 Å². The molecule has 2 aliphatic rings. The maximum Gasteiger partial charge on any atom is 0.262 e. The van der Waals surface area contributed by atoms with E-state index in [-0.39, 0.29) is 36.6 Å². The first-order chi connectivity index (χ1) is 9.55. The highest BCUT2D eigenvalue weighted by atomic mass is 35.5. The van der Waals surface area contributed by atoms with E-state index in [1.165, 1.54) is 0 Å². The fourth-order valence-electron chi connectivity index (χ4n) is 3.01. The SMILES string of the molecule is Cl.Cl.O=C(C1CC(F)(F)CN1)N1CCCC(c2ncc[nH]2)C1. The number of H-pyrrole nitrogens is 1. The van der Waals surface area contributed by atoms with Crippen molar-refractivity contribution in [3.63, 3.8) is 0 Å². The number of hydrogen-bond donors (Lipinski definition) is 2. The normalized spacial score (nSPS) is 26.9. The van der Waals surface area contributed by atoms with Gasteiger partial charge in [-0.25, -0.2) is 13.8 Å². The molecule has 1 amide bonds. The van der Waals surface area contributed by atoms with Gasteiger partial charge in [-0.2, -0.15) is 0 Å². The number of alkyl halides is 2. The molecule has 0 radical (unpaired) electrons. The summed E-state index contributed by atoms with van der Waals surface area (Å²) in [6.45, 7) is 0.786. The minimum absolute atomic E-state index is 0. The molecule has 3 heterocycles. The molecule has 2 saturated heterocycles. The van der Waals surface area contributed by atoms with Crippen LogP contribution in [0, 0.1) is 0 Å². The van der Waals surface area contributed by atoms with E-state index in [1.54, 1.807) is 17.3 Å². The Kier molecular flexibility index (Phi) is 6.58. The highest BCUT2D eigenvalue weighted by Crippen LogP contribution is 2.29. The summed E-state index contributed by atoms with van der Waals surface area (Å²) in [4.78, 5) is 21.3. The number of carbonyl (C=O) groups is 1. The molecule has 2 fully saturated rings. The average Bonchev–Trinajstić information content (AvgIpc) is 3.07. The van der Waals surface area contributed by atoms with Crippen molar-refractivity contribution in [2.24, 2.45) is 0 Å². The monoisotopic (exact) mass is 356 g/mol. The van der Waals surface area contributed by atoms with Gasteiger partial charge in [0.1, 0.15) is 5.82 Å². The van der Waals surface area contributed by atoms with Crippen LogP contribution in [0.2, 0.25) is 0 Å². The standard InChI is InChI=1S/C13H18F2N4O.2ClH/c14-13(15)6-10(18-8-13)12(20)19-5-1-2-9(7-19)11-16-3-4-17-11;;/h3-4,9-10,18H,1-2,5-8H2,(H,16,17);2*1H. The average molecular weight is 357 g/mol. The zero-order chi connectivity index (χ0) is 14.2. The van der Waals surface area contributed by atoms with Gasteiger partial charge in [-0.15, -0.1) is 24.8 Å². The highest BCUT2D eigenvalue weighted by Gasteiger charge is 2.44. The molecule has 5 nitrogen and oxygen atoms in total. The molecule has 1 aromatic heterocycles. The molecule has 22 heavy (non-hydrogen) atoms. The third-order valence-electron chi connectivity index (χ3n) is 4.05. The van der Waals surface area contributed by atoms with Crippen molar-refractivity contribution in [1.82, 2.24) is 20.2 Å². The molecule has 3 rings (SSSR count). The molecule has 2 N–H and O–H groups in total. The summed E-state index contributed by atoms with van der Waals surface area (Å²) in [5.74, 6) is -1.94. The third kappa shape index (κ3) is 4.08. The van der Waals surface area contributed by atoms with Crippen LogP contribution in [-0.4, -0.2) is 52.4 Å². The van der Waals surface area contributed by atoms with Crippen LogP contribution in [0.25, 0.3) is 0 Å². The van der Waals surface area contributed by atoms with Gasteiger partial charge in [-0.05, 0) is 12.8 Å². The Labute approximate surface area is 140 Å². The minimum Gasteiger partial charge on any atom is -0.348 e. The number of nitrogens with zero attached hydrogens (tertiary/aromatic N) is 2. The quantitative estimate of drug-likeness (QED) is 0.851. The van der Waals surface area contributed by atoms with Crippen molar-refractivity contribution < 1.29 is 13.6 Å². The number of hydrogen-bond acceptors (Lipinski definition) is 3. The topological polar surface area (TPSA) is 61.0 Å². The van der Waals surface area contributed by atoms with E-state index in [0.717, 1.165) is 18.7 Å². The summed E-state index contributed by atoms with van der Waals surface area (Å²) in [5, 5.41) is 2.63. The van der Waals surface area contributed by atoms with E-state index in [0.29, 0.717) is 13.1 Å². The Hall–Kier alpha value is -0.920. The third-order valence-corrected chi connectivity index (χ3v) is 4.05. The van der Waals surface area contributed by atoms with E-state index in [4.69, 9.17) is 0 Å². The largest absolute Gasteiger partial charge is 0.348 e. The Morgan fingerprint density at radius 3 is 2.77 bits per heavy atom. The Bertz CT molecular complexity index is 486. The molecule has 2 unspecified atom stereocenters. The second-order valence-corrected chi connectivity index (χ2v) is 5.59. The lowest BCUT2D eigenvalue weighted by Crippen LogP contribution is -2.47. The van der Waals surface area contributed by atoms with Crippen LogP contribution in [0.5, 0.6) is 0 Å². The highest BCUT2D eigenvalue weighted by molar-refractivity contribution is 5.85. The second-order valence-electron chi connectivity index (χ2n) is 5.59. The minimum atomic E-state index is -2.77. The van der Waals surface area contributed by atoms with Gasteiger partial charge in [0.25, 0.3) is 5.92 Å². The Balaban J connectivity index is 0.00000121. The van der Waals surface area contributed by atoms with E-state index >= 15 is 0 Å². The molecule has 0 spiro atoms. The van der Waals surface area contributed by atoms with Crippen LogP contribution in [-0.2, 0) is 4.79 Å². The van der Waals surface area contributed by atoms with Gasteiger partial charge in [0.05, 0.1) is 12.6 Å². The fraction of sp³-hybridized carbons (Fsp3) is 0.692. The lowest BCUT2D eigenvalue weighted by molar-refractivity contribution is -0.135. The summed E-state index contributed by atoms with van der Waals surface area (Å²) in [6, 6.07) is -0.750. The molecule has 0 saturated carbocycles. The zero-order valence-corrected chi connectivity index (χ0v) is 13.6. The first-order valence-electron chi connectivity index (χ1n) is 6.94. The fourth-order valence-corrected chi connectivity index (χ4v) is 3.01. The zero-order valence-electron chi connectivity index (χ0n) is 11.9. The Morgan fingerprint density at radius 2 is 2.18 bits per heavy atom. The summed E-state index contributed by atoms with van der Waals surface area (Å²) < 4.78 is 26.3. The molecule has 126 valence electrons. The number of aromatic nitrogens is 2. The maximum atomic E-state index is 13.2. The van der Waals surface area contributed by atoms with Crippen molar-refractivity contribution in [3.8, 4) is 0 Å². The number of imidazole rings is 1. The number of carbonyl (C=O) groups excluding carboxylic acids is 1. The van der Waals surface area contributed by atoms with E-state index in [9.17, 15) is 13.6 Å². The van der Waals surface area contributed by atoms with Gasteiger partial charge < -0.3 is 9.88 Å². The van der Waals surface area contributed by atoms with Gasteiger partial charge in [0, 0.05) is 37.8 Å². The molecule has 0 aliphatic carbocycles. The van der Waals surface area contributed by atoms with Crippen molar-refractivity contribution >= 4 is 30.7 Å². The molecule has 1 aromatic rings. The number of nitrogens with one attached hydrogen (secondary N) is 2. The predicted molar refractivity (Wildman–Crippen MR) is 83.0 cm³/mol. The molecule has 2 aliphatic heterocycles. The van der Waals surface area contributed by atoms with Crippen LogP contribution in [0.1, 0.15) is 31.0 Å². The van der Waals surface area contributed by atoms with Gasteiger partial charge >= 0.3 is 0 Å². The number of aromatic amines is 1. The molecule has 0 aromatic carbocycles. The van der Waals surface area contributed by atoms with Crippen LogP contribution >= 0.6 is 24.8 Å². The predicted octanol–water partition coefficient (Wildman–Crippen LogP) is 1.96. The van der Waals surface area contributed by atoms with Crippen molar-refractivity contribution in [2.45, 2.75) is 37.1 Å². The molecule has 2 atom stereocenters. The number of halogens is 4. The summed E-state index contributed by atoms with van der Waals surface area (Å²) >= 11 is 0. The van der Waals surface area contributed by atoms with Crippen LogP contribution in [0.15, 0.2) is 12.4 Å². The maximum absolute atomic E-state index is 13.2. The Morgan fingerprint density at radius 1 is 1.41 bits per heavy atom. The van der Waals surface area contributed by atoms with E-state index in [2.05, 4.69) is 15.3 Å².